The molecular weight excluding hydrogens is 204 g/mol. The standard InChI is InChI=1S/C12H16N2S/c1-2-6-13-12(3-1)15-11-7-9-4-5-10(8-11)14-9/h1-3,6,9-11,14H,4-5,7-8H2/t9-,10+,11?. The summed E-state index contributed by atoms with van der Waals surface area (Å²) in [6, 6.07) is 7.74. The third-order valence-corrected chi connectivity index (χ3v) is 4.56. The van der Waals surface area contributed by atoms with Crippen LogP contribution in [0, 0.1) is 0 Å². The van der Waals surface area contributed by atoms with E-state index in [4.69, 9.17) is 0 Å². The lowest BCUT2D eigenvalue weighted by Gasteiger charge is -2.28. The molecule has 2 nitrogen and oxygen atoms in total. The highest BCUT2D eigenvalue weighted by Gasteiger charge is 2.33. The first-order chi connectivity index (χ1) is 7.40. The van der Waals surface area contributed by atoms with Crippen LogP contribution in [0.15, 0.2) is 29.4 Å². The zero-order chi connectivity index (χ0) is 10.1. The van der Waals surface area contributed by atoms with E-state index in [1.54, 1.807) is 0 Å². The molecule has 0 aliphatic carbocycles. The maximum Gasteiger partial charge on any atom is 0.0962 e. The molecule has 15 heavy (non-hydrogen) atoms. The van der Waals surface area contributed by atoms with E-state index in [0.717, 1.165) is 17.3 Å². The lowest BCUT2D eigenvalue weighted by Crippen LogP contribution is -2.39. The van der Waals surface area contributed by atoms with Gasteiger partial charge in [0.25, 0.3) is 0 Å². The average molecular weight is 220 g/mol. The van der Waals surface area contributed by atoms with Crippen molar-refractivity contribution in [3.05, 3.63) is 24.4 Å². The van der Waals surface area contributed by atoms with Gasteiger partial charge >= 0.3 is 0 Å². The highest BCUT2D eigenvalue weighted by atomic mass is 32.2. The van der Waals surface area contributed by atoms with Crippen molar-refractivity contribution in [3.8, 4) is 0 Å². The molecule has 3 rings (SSSR count). The van der Waals surface area contributed by atoms with E-state index < -0.39 is 0 Å². The molecule has 80 valence electrons. The summed E-state index contributed by atoms with van der Waals surface area (Å²) in [6.07, 6.45) is 7.28. The number of thioether (sulfide) groups is 1. The number of pyridine rings is 1. The van der Waals surface area contributed by atoms with Crippen molar-refractivity contribution in [1.29, 1.82) is 0 Å². The lowest BCUT2D eigenvalue weighted by atomic mass is 10.1. The van der Waals surface area contributed by atoms with Gasteiger partial charge in [0, 0.05) is 23.5 Å². The van der Waals surface area contributed by atoms with Gasteiger partial charge in [0.1, 0.15) is 0 Å². The van der Waals surface area contributed by atoms with Crippen LogP contribution in [0.1, 0.15) is 25.7 Å². The first kappa shape index (κ1) is 9.67. The Morgan fingerprint density at radius 2 is 2.00 bits per heavy atom. The van der Waals surface area contributed by atoms with E-state index in [1.807, 2.05) is 24.0 Å². The van der Waals surface area contributed by atoms with Crippen LogP contribution in [0.5, 0.6) is 0 Å². The summed E-state index contributed by atoms with van der Waals surface area (Å²) in [7, 11) is 0. The molecular formula is C12H16N2S. The number of piperidine rings is 1. The molecule has 1 N–H and O–H groups in total. The van der Waals surface area contributed by atoms with Crippen molar-refractivity contribution in [1.82, 2.24) is 10.3 Å². The average Bonchev–Trinajstić information content (AvgIpc) is 2.60. The second-order valence-electron chi connectivity index (χ2n) is 4.52. The summed E-state index contributed by atoms with van der Waals surface area (Å²) >= 11 is 1.96. The molecule has 0 saturated carbocycles. The Balaban J connectivity index is 1.65. The second kappa shape index (κ2) is 4.14. The van der Waals surface area contributed by atoms with Crippen molar-refractivity contribution in [2.24, 2.45) is 0 Å². The van der Waals surface area contributed by atoms with Crippen molar-refractivity contribution in [3.63, 3.8) is 0 Å². The van der Waals surface area contributed by atoms with Crippen LogP contribution >= 0.6 is 11.8 Å². The molecule has 2 bridgehead atoms. The summed E-state index contributed by atoms with van der Waals surface area (Å²) in [5.41, 5.74) is 0. The maximum absolute atomic E-state index is 4.39. The van der Waals surface area contributed by atoms with Crippen LogP contribution in [-0.4, -0.2) is 22.3 Å². The molecule has 0 aromatic carbocycles. The molecule has 0 amide bonds. The van der Waals surface area contributed by atoms with Gasteiger partial charge in [-0.2, -0.15) is 0 Å². The largest absolute Gasteiger partial charge is 0.311 e. The van der Waals surface area contributed by atoms with Gasteiger partial charge < -0.3 is 5.32 Å². The van der Waals surface area contributed by atoms with Crippen LogP contribution in [-0.2, 0) is 0 Å². The molecule has 1 aromatic rings. The third kappa shape index (κ3) is 2.18. The SMILES string of the molecule is c1ccc(SC2C[C@H]3CC[C@@H](C2)N3)nc1. The minimum absolute atomic E-state index is 0.777. The van der Waals surface area contributed by atoms with Gasteiger partial charge in [-0.1, -0.05) is 6.07 Å². The summed E-state index contributed by atoms with van der Waals surface area (Å²) in [5, 5.41) is 5.63. The van der Waals surface area contributed by atoms with Gasteiger partial charge in [0.05, 0.1) is 5.03 Å². The normalized spacial score (nSPS) is 34.3. The fourth-order valence-electron chi connectivity index (χ4n) is 2.69. The fourth-order valence-corrected chi connectivity index (χ4v) is 3.97. The highest BCUT2D eigenvalue weighted by molar-refractivity contribution is 7.99. The summed E-state index contributed by atoms with van der Waals surface area (Å²) in [6.45, 7) is 0. The van der Waals surface area contributed by atoms with E-state index in [9.17, 15) is 0 Å². The number of rotatable bonds is 2. The van der Waals surface area contributed by atoms with Gasteiger partial charge in [0.2, 0.25) is 0 Å². The second-order valence-corrected chi connectivity index (χ2v) is 5.84. The molecule has 1 unspecified atom stereocenters. The number of hydrogen-bond donors (Lipinski definition) is 1. The number of nitrogens with zero attached hydrogens (tertiary/aromatic N) is 1. The van der Waals surface area contributed by atoms with Crippen molar-refractivity contribution < 1.29 is 0 Å². The van der Waals surface area contributed by atoms with Gasteiger partial charge in [-0.05, 0) is 37.8 Å². The van der Waals surface area contributed by atoms with Crippen LogP contribution in [0.2, 0.25) is 0 Å². The van der Waals surface area contributed by atoms with Crippen LogP contribution in [0.25, 0.3) is 0 Å². The highest BCUT2D eigenvalue weighted by Crippen LogP contribution is 2.36. The van der Waals surface area contributed by atoms with Gasteiger partial charge in [-0.3, -0.25) is 0 Å². The smallest absolute Gasteiger partial charge is 0.0962 e. The Labute approximate surface area is 94.9 Å². The Hall–Kier alpha value is -0.540. The fraction of sp³-hybridized carbons (Fsp3) is 0.583. The Bertz CT molecular complexity index is 316. The third-order valence-electron chi connectivity index (χ3n) is 3.35. The number of nitrogens with one attached hydrogen (secondary N) is 1. The molecule has 0 radical (unpaired) electrons. The Kier molecular flexibility index (Phi) is 2.67. The zero-order valence-electron chi connectivity index (χ0n) is 8.73. The molecule has 2 aliphatic rings. The maximum atomic E-state index is 4.39. The first-order valence-electron chi connectivity index (χ1n) is 5.74. The van der Waals surface area contributed by atoms with Gasteiger partial charge in [0.15, 0.2) is 0 Å². The van der Waals surface area contributed by atoms with Crippen LogP contribution in [0.4, 0.5) is 0 Å². The molecule has 2 saturated heterocycles. The number of hydrogen-bond acceptors (Lipinski definition) is 3. The van der Waals surface area contributed by atoms with E-state index in [-0.39, 0.29) is 0 Å². The quantitative estimate of drug-likeness (QED) is 0.828. The molecule has 2 fully saturated rings. The topological polar surface area (TPSA) is 24.9 Å². The van der Waals surface area contributed by atoms with Crippen molar-refractivity contribution in [2.75, 3.05) is 0 Å². The first-order valence-corrected chi connectivity index (χ1v) is 6.62. The summed E-state index contributed by atoms with van der Waals surface area (Å²) in [4.78, 5) is 4.39. The van der Waals surface area contributed by atoms with E-state index in [1.165, 1.54) is 30.7 Å². The lowest BCUT2D eigenvalue weighted by molar-refractivity contribution is 0.414. The van der Waals surface area contributed by atoms with E-state index in [0.29, 0.717) is 0 Å². The van der Waals surface area contributed by atoms with Crippen LogP contribution < -0.4 is 5.32 Å². The van der Waals surface area contributed by atoms with Crippen LogP contribution in [0.3, 0.4) is 0 Å². The monoisotopic (exact) mass is 220 g/mol. The minimum atomic E-state index is 0.777. The van der Waals surface area contributed by atoms with E-state index >= 15 is 0 Å². The molecule has 0 spiro atoms. The predicted molar refractivity (Wildman–Crippen MR) is 63.1 cm³/mol. The van der Waals surface area contributed by atoms with Crippen molar-refractivity contribution >= 4 is 11.8 Å². The predicted octanol–water partition coefficient (Wildman–Crippen LogP) is 2.46. The summed E-state index contributed by atoms with van der Waals surface area (Å²) < 4.78 is 0. The molecule has 3 atom stereocenters. The van der Waals surface area contributed by atoms with Crippen molar-refractivity contribution in [2.45, 2.75) is 48.0 Å². The molecule has 1 aromatic heterocycles. The number of aromatic nitrogens is 1. The molecule has 3 heteroatoms. The molecule has 3 heterocycles. The molecule has 2 aliphatic heterocycles. The Morgan fingerprint density at radius 1 is 1.20 bits per heavy atom. The van der Waals surface area contributed by atoms with Gasteiger partial charge in [-0.25, -0.2) is 4.98 Å². The summed E-state index contributed by atoms with van der Waals surface area (Å²) in [5.74, 6) is 0. The minimum Gasteiger partial charge on any atom is -0.311 e. The number of fused-ring (bicyclic) bond motifs is 2. The van der Waals surface area contributed by atoms with Gasteiger partial charge in [-0.15, -0.1) is 11.8 Å². The zero-order valence-corrected chi connectivity index (χ0v) is 9.54. The Morgan fingerprint density at radius 3 is 2.67 bits per heavy atom. The van der Waals surface area contributed by atoms with E-state index in [2.05, 4.69) is 22.4 Å².